The molecule has 0 unspecified atom stereocenters. The molecule has 7 nitrogen and oxygen atoms in total. The highest BCUT2D eigenvalue weighted by molar-refractivity contribution is 6.21. The third-order valence-corrected chi connectivity index (χ3v) is 5.32. The van der Waals surface area contributed by atoms with Crippen molar-refractivity contribution in [3.63, 3.8) is 0 Å². The summed E-state index contributed by atoms with van der Waals surface area (Å²) in [6, 6.07) is 10.9. The second-order valence-corrected chi connectivity index (χ2v) is 7.30. The third kappa shape index (κ3) is 3.73. The van der Waals surface area contributed by atoms with Gasteiger partial charge in [-0.15, -0.1) is 0 Å². The van der Waals surface area contributed by atoms with Crippen LogP contribution in [0.5, 0.6) is 5.75 Å². The van der Waals surface area contributed by atoms with E-state index < -0.39 is 0 Å². The first-order valence-electron chi connectivity index (χ1n) is 9.69. The molecule has 0 fully saturated rings. The average molecular weight is 393 g/mol. The monoisotopic (exact) mass is 393 g/mol. The van der Waals surface area contributed by atoms with Gasteiger partial charge in [-0.3, -0.25) is 24.2 Å². The molecular weight excluding hydrogens is 370 g/mol. The van der Waals surface area contributed by atoms with Gasteiger partial charge in [0.15, 0.2) is 0 Å². The van der Waals surface area contributed by atoms with Gasteiger partial charge in [0.05, 0.1) is 24.3 Å². The molecule has 0 bridgehead atoms. The number of nitrogens with zero attached hydrogens (tertiary/aromatic N) is 2. The number of fused-ring (bicyclic) bond motifs is 2. The Morgan fingerprint density at radius 3 is 2.66 bits per heavy atom. The van der Waals surface area contributed by atoms with Gasteiger partial charge in [0, 0.05) is 25.8 Å². The van der Waals surface area contributed by atoms with Crippen molar-refractivity contribution in [2.45, 2.75) is 19.9 Å². The van der Waals surface area contributed by atoms with E-state index in [9.17, 15) is 14.4 Å². The van der Waals surface area contributed by atoms with Gasteiger partial charge in [-0.05, 0) is 54.8 Å². The predicted octanol–water partition coefficient (Wildman–Crippen LogP) is 2.31. The quantitative estimate of drug-likeness (QED) is 0.789. The van der Waals surface area contributed by atoms with Gasteiger partial charge in [-0.2, -0.15) is 0 Å². The summed E-state index contributed by atoms with van der Waals surface area (Å²) in [5, 5.41) is 2.84. The van der Waals surface area contributed by atoms with Crippen molar-refractivity contribution in [2.75, 3.05) is 32.1 Å². The number of amides is 3. The van der Waals surface area contributed by atoms with Crippen molar-refractivity contribution in [1.82, 2.24) is 9.80 Å². The molecular formula is C22H23N3O4. The van der Waals surface area contributed by atoms with Crippen LogP contribution >= 0.6 is 0 Å². The first-order valence-corrected chi connectivity index (χ1v) is 9.69. The first-order chi connectivity index (χ1) is 14.0. The second kappa shape index (κ2) is 7.67. The van der Waals surface area contributed by atoms with Crippen LogP contribution in [0.4, 0.5) is 5.69 Å². The Balaban J connectivity index is 1.40. The maximum Gasteiger partial charge on any atom is 0.261 e. The average Bonchev–Trinajstić information content (AvgIpc) is 2.92. The Morgan fingerprint density at radius 1 is 1.07 bits per heavy atom. The minimum absolute atomic E-state index is 0.153. The maximum atomic E-state index is 12.5. The molecule has 0 atom stereocenters. The lowest BCUT2D eigenvalue weighted by Gasteiger charge is -2.28. The molecule has 2 aromatic carbocycles. The first kappa shape index (κ1) is 19.1. The highest BCUT2D eigenvalue weighted by atomic mass is 16.5. The van der Waals surface area contributed by atoms with Crippen molar-refractivity contribution < 1.29 is 19.1 Å². The number of imide groups is 1. The number of anilines is 1. The van der Waals surface area contributed by atoms with Crippen LogP contribution in [0.15, 0.2) is 36.4 Å². The number of carbonyl (C=O) groups is 3. The van der Waals surface area contributed by atoms with Crippen molar-refractivity contribution >= 4 is 23.4 Å². The van der Waals surface area contributed by atoms with Gasteiger partial charge < -0.3 is 10.1 Å². The van der Waals surface area contributed by atoms with E-state index in [0.717, 1.165) is 23.6 Å². The molecule has 2 heterocycles. The minimum atomic E-state index is -0.348. The third-order valence-electron chi connectivity index (χ3n) is 5.32. The molecule has 0 saturated heterocycles. The van der Waals surface area contributed by atoms with Gasteiger partial charge in [0.25, 0.3) is 11.8 Å². The highest BCUT2D eigenvalue weighted by Crippen LogP contribution is 2.26. The van der Waals surface area contributed by atoms with Crippen LogP contribution in [-0.2, 0) is 17.8 Å². The smallest absolute Gasteiger partial charge is 0.261 e. The van der Waals surface area contributed by atoms with Gasteiger partial charge >= 0.3 is 0 Å². The molecule has 0 spiro atoms. The molecule has 1 N–H and O–H groups in total. The second-order valence-electron chi connectivity index (χ2n) is 7.30. The van der Waals surface area contributed by atoms with Gasteiger partial charge in [0.1, 0.15) is 5.75 Å². The Hall–Kier alpha value is -3.19. The molecule has 0 aromatic heterocycles. The van der Waals surface area contributed by atoms with Crippen molar-refractivity contribution in [3.05, 3.63) is 58.7 Å². The normalized spacial score (nSPS) is 15.9. The minimum Gasteiger partial charge on any atom is -0.494 e. The molecule has 7 heteroatoms. The van der Waals surface area contributed by atoms with Gasteiger partial charge in [-0.25, -0.2) is 0 Å². The van der Waals surface area contributed by atoms with E-state index in [0.29, 0.717) is 30.0 Å². The summed E-state index contributed by atoms with van der Waals surface area (Å²) in [5.41, 5.74) is 3.68. The maximum absolute atomic E-state index is 12.5. The van der Waals surface area contributed by atoms with Crippen LogP contribution in [-0.4, -0.2) is 54.3 Å². The molecule has 2 aliphatic rings. The number of hydrogen-bond acceptors (Lipinski definition) is 5. The lowest BCUT2D eigenvalue weighted by atomic mass is 9.99. The number of carbonyl (C=O) groups excluding carboxylic acids is 3. The van der Waals surface area contributed by atoms with Crippen LogP contribution in [0.2, 0.25) is 0 Å². The lowest BCUT2D eigenvalue weighted by Crippen LogP contribution is -2.37. The van der Waals surface area contributed by atoms with E-state index in [2.05, 4.69) is 16.3 Å². The number of hydrogen-bond donors (Lipinski definition) is 1. The standard InChI is InChI=1S/C22H23N3O4/c1-3-29-17-6-4-14-8-9-25(12-15(14)10-17)13-20(26)23-16-5-7-18-19(11-16)22(28)24(2)21(18)27/h4-7,10-11H,3,8-9,12-13H2,1-2H3,(H,23,26). The fraction of sp³-hybridized carbons (Fsp3) is 0.318. The summed E-state index contributed by atoms with van der Waals surface area (Å²) in [6.45, 7) is 4.32. The van der Waals surface area contributed by atoms with Crippen LogP contribution in [0.25, 0.3) is 0 Å². The molecule has 4 rings (SSSR count). The van der Waals surface area contributed by atoms with Crippen molar-refractivity contribution in [2.24, 2.45) is 0 Å². The molecule has 0 radical (unpaired) electrons. The van der Waals surface area contributed by atoms with E-state index >= 15 is 0 Å². The summed E-state index contributed by atoms with van der Waals surface area (Å²) in [5.74, 6) is 0.0273. The number of ether oxygens (including phenoxy) is 1. The van der Waals surface area contributed by atoms with E-state index in [1.807, 2.05) is 19.1 Å². The van der Waals surface area contributed by atoms with Gasteiger partial charge in [0.2, 0.25) is 5.91 Å². The largest absolute Gasteiger partial charge is 0.494 e. The fourth-order valence-corrected chi connectivity index (χ4v) is 3.83. The number of rotatable bonds is 5. The van der Waals surface area contributed by atoms with E-state index in [4.69, 9.17) is 4.74 Å². The number of benzene rings is 2. The summed E-state index contributed by atoms with van der Waals surface area (Å²) in [7, 11) is 1.45. The predicted molar refractivity (Wildman–Crippen MR) is 108 cm³/mol. The molecule has 29 heavy (non-hydrogen) atoms. The SMILES string of the molecule is CCOc1ccc2c(c1)CN(CC(=O)Nc1ccc3c(c1)C(=O)N(C)C3=O)CC2. The molecule has 150 valence electrons. The topological polar surface area (TPSA) is 79.0 Å². The fourth-order valence-electron chi connectivity index (χ4n) is 3.83. The summed E-state index contributed by atoms with van der Waals surface area (Å²) >= 11 is 0. The van der Waals surface area contributed by atoms with Crippen LogP contribution in [0.3, 0.4) is 0 Å². The Labute approximate surface area is 169 Å². The number of nitrogens with one attached hydrogen (secondary N) is 1. The molecule has 0 aliphatic carbocycles. The summed E-state index contributed by atoms with van der Waals surface area (Å²) in [6.07, 6.45) is 0.886. The Morgan fingerprint density at radius 2 is 1.86 bits per heavy atom. The zero-order chi connectivity index (χ0) is 20.5. The zero-order valence-corrected chi connectivity index (χ0v) is 16.5. The molecule has 0 saturated carbocycles. The Bertz CT molecular complexity index is 1000. The zero-order valence-electron chi connectivity index (χ0n) is 16.5. The molecule has 2 aliphatic heterocycles. The van der Waals surface area contributed by atoms with Crippen LogP contribution < -0.4 is 10.1 Å². The van der Waals surface area contributed by atoms with Gasteiger partial charge in [-0.1, -0.05) is 6.07 Å². The van der Waals surface area contributed by atoms with Crippen molar-refractivity contribution in [1.29, 1.82) is 0 Å². The van der Waals surface area contributed by atoms with E-state index in [1.165, 1.54) is 18.2 Å². The lowest BCUT2D eigenvalue weighted by molar-refractivity contribution is -0.117. The summed E-state index contributed by atoms with van der Waals surface area (Å²) in [4.78, 5) is 39.8. The van der Waals surface area contributed by atoms with E-state index in [-0.39, 0.29) is 24.3 Å². The highest BCUT2D eigenvalue weighted by Gasteiger charge is 2.32. The molecule has 3 amide bonds. The van der Waals surface area contributed by atoms with Crippen LogP contribution in [0.1, 0.15) is 38.8 Å². The van der Waals surface area contributed by atoms with Crippen molar-refractivity contribution in [3.8, 4) is 5.75 Å². The summed E-state index contributed by atoms with van der Waals surface area (Å²) < 4.78 is 5.57. The van der Waals surface area contributed by atoms with E-state index in [1.54, 1.807) is 18.2 Å². The Kier molecular flexibility index (Phi) is 5.07. The molecule has 2 aromatic rings. The van der Waals surface area contributed by atoms with Crippen LogP contribution in [0, 0.1) is 0 Å².